The van der Waals surface area contributed by atoms with E-state index in [2.05, 4.69) is 4.74 Å². The summed E-state index contributed by atoms with van der Waals surface area (Å²) in [5.74, 6) is -1.26. The molecular formula is C11H17NO4. The number of rotatable bonds is 5. The van der Waals surface area contributed by atoms with E-state index in [4.69, 9.17) is 10.00 Å². The molecule has 0 aromatic heterocycles. The van der Waals surface area contributed by atoms with Crippen molar-refractivity contribution < 1.29 is 19.1 Å². The van der Waals surface area contributed by atoms with E-state index in [9.17, 15) is 9.59 Å². The Hall–Kier alpha value is -1.57. The fraction of sp³-hybridized carbons (Fsp3) is 0.727. The maximum atomic E-state index is 11.5. The first-order valence-corrected chi connectivity index (χ1v) is 5.03. The quantitative estimate of drug-likeness (QED) is 0.664. The van der Waals surface area contributed by atoms with Crippen LogP contribution in [0.3, 0.4) is 0 Å². The summed E-state index contributed by atoms with van der Waals surface area (Å²) >= 11 is 0. The van der Waals surface area contributed by atoms with Crippen LogP contribution in [0, 0.1) is 17.2 Å². The second-order valence-corrected chi connectivity index (χ2v) is 4.06. The second-order valence-electron chi connectivity index (χ2n) is 4.06. The lowest BCUT2D eigenvalue weighted by atomic mass is 10.1. The van der Waals surface area contributed by atoms with Gasteiger partial charge in [0.2, 0.25) is 0 Å². The summed E-state index contributed by atoms with van der Waals surface area (Å²) in [7, 11) is 1.30. The number of nitriles is 1. The van der Waals surface area contributed by atoms with Gasteiger partial charge in [0.1, 0.15) is 6.07 Å². The molecule has 5 nitrogen and oxygen atoms in total. The number of methoxy groups -OCH3 is 1. The summed E-state index contributed by atoms with van der Waals surface area (Å²) in [4.78, 5) is 22.3. The van der Waals surface area contributed by atoms with Gasteiger partial charge in [0.15, 0.2) is 5.60 Å². The van der Waals surface area contributed by atoms with Crippen LogP contribution in [0.4, 0.5) is 0 Å². The number of carbonyl (C=O) groups is 2. The van der Waals surface area contributed by atoms with E-state index in [1.54, 1.807) is 6.92 Å². The number of carbonyl (C=O) groups excluding carboxylic acids is 2. The fourth-order valence-electron chi connectivity index (χ4n) is 0.929. The summed E-state index contributed by atoms with van der Waals surface area (Å²) in [5, 5.41) is 8.68. The minimum Gasteiger partial charge on any atom is -0.469 e. The van der Waals surface area contributed by atoms with Crippen LogP contribution in [0.15, 0.2) is 0 Å². The lowest BCUT2D eigenvalue weighted by Gasteiger charge is -2.19. The topological polar surface area (TPSA) is 76.4 Å². The molecule has 0 aliphatic carbocycles. The third-order valence-corrected chi connectivity index (χ3v) is 2.04. The van der Waals surface area contributed by atoms with E-state index in [0.29, 0.717) is 6.42 Å². The van der Waals surface area contributed by atoms with Crippen LogP contribution in [-0.4, -0.2) is 24.6 Å². The molecule has 0 bridgehead atoms. The van der Waals surface area contributed by atoms with Crippen LogP contribution in [0.25, 0.3) is 0 Å². The highest BCUT2D eigenvalue weighted by Gasteiger charge is 2.25. The highest BCUT2D eigenvalue weighted by atomic mass is 16.6. The third kappa shape index (κ3) is 5.35. The van der Waals surface area contributed by atoms with Crippen molar-refractivity contribution in [2.45, 2.75) is 39.2 Å². The maximum absolute atomic E-state index is 11.5. The van der Waals surface area contributed by atoms with Crippen LogP contribution in [0.2, 0.25) is 0 Å². The minimum absolute atomic E-state index is 0.166. The van der Waals surface area contributed by atoms with Crippen LogP contribution in [0.5, 0.6) is 0 Å². The first-order chi connectivity index (χ1) is 7.32. The maximum Gasteiger partial charge on any atom is 0.310 e. The second kappa shape index (κ2) is 6.11. The van der Waals surface area contributed by atoms with Crippen molar-refractivity contribution in [1.82, 2.24) is 0 Å². The molecule has 0 aliphatic heterocycles. The van der Waals surface area contributed by atoms with Gasteiger partial charge in [-0.15, -0.1) is 0 Å². The van der Waals surface area contributed by atoms with Crippen LogP contribution < -0.4 is 0 Å². The van der Waals surface area contributed by atoms with Crippen molar-refractivity contribution in [1.29, 1.82) is 5.26 Å². The van der Waals surface area contributed by atoms with E-state index >= 15 is 0 Å². The fourth-order valence-corrected chi connectivity index (χ4v) is 0.929. The van der Waals surface area contributed by atoms with Gasteiger partial charge in [0.05, 0.1) is 13.0 Å². The zero-order chi connectivity index (χ0) is 12.8. The van der Waals surface area contributed by atoms with Gasteiger partial charge in [-0.3, -0.25) is 9.59 Å². The van der Waals surface area contributed by atoms with E-state index in [1.807, 2.05) is 6.07 Å². The third-order valence-electron chi connectivity index (χ3n) is 2.04. The molecular weight excluding hydrogens is 210 g/mol. The molecule has 0 N–H and O–H groups in total. The number of hydrogen-bond acceptors (Lipinski definition) is 5. The molecule has 0 heterocycles. The predicted molar refractivity (Wildman–Crippen MR) is 56.2 cm³/mol. The molecule has 1 atom stereocenters. The van der Waals surface area contributed by atoms with Gasteiger partial charge in [-0.25, -0.2) is 0 Å². The largest absolute Gasteiger partial charge is 0.469 e. The number of nitrogens with zero attached hydrogens (tertiary/aromatic N) is 1. The highest BCUT2D eigenvalue weighted by molar-refractivity contribution is 5.74. The molecule has 0 saturated heterocycles. The van der Waals surface area contributed by atoms with Gasteiger partial charge in [-0.2, -0.15) is 5.26 Å². The molecule has 0 saturated carbocycles. The zero-order valence-corrected chi connectivity index (χ0v) is 10.1. The standard InChI is InChI=1S/C11H17NO4/c1-8(5-6-9(13)15-4)10(14)16-11(2,3)7-12/h8H,5-6H2,1-4H3. The van der Waals surface area contributed by atoms with Crippen molar-refractivity contribution in [2.24, 2.45) is 5.92 Å². The monoisotopic (exact) mass is 227 g/mol. The molecule has 0 aromatic rings. The smallest absolute Gasteiger partial charge is 0.310 e. The Morgan fingerprint density at radius 2 is 2.00 bits per heavy atom. The molecule has 5 heteroatoms. The Balaban J connectivity index is 4.11. The van der Waals surface area contributed by atoms with Crippen molar-refractivity contribution >= 4 is 11.9 Å². The van der Waals surface area contributed by atoms with E-state index in [0.717, 1.165) is 0 Å². The average molecular weight is 227 g/mol. The molecule has 0 spiro atoms. The summed E-state index contributed by atoms with van der Waals surface area (Å²) in [6.07, 6.45) is 0.521. The SMILES string of the molecule is COC(=O)CCC(C)C(=O)OC(C)(C)C#N. The summed E-state index contributed by atoms with van der Waals surface area (Å²) in [6.45, 7) is 4.68. The normalized spacial score (nSPS) is 12.4. The van der Waals surface area contributed by atoms with E-state index < -0.39 is 17.5 Å². The van der Waals surface area contributed by atoms with Gasteiger partial charge < -0.3 is 9.47 Å². The van der Waals surface area contributed by atoms with E-state index in [1.165, 1.54) is 21.0 Å². The molecule has 0 aromatic carbocycles. The van der Waals surface area contributed by atoms with E-state index in [-0.39, 0.29) is 12.4 Å². The molecule has 0 rings (SSSR count). The van der Waals surface area contributed by atoms with Crippen molar-refractivity contribution in [3.63, 3.8) is 0 Å². The van der Waals surface area contributed by atoms with Gasteiger partial charge in [0, 0.05) is 6.42 Å². The van der Waals surface area contributed by atoms with Gasteiger partial charge in [-0.1, -0.05) is 6.92 Å². The number of esters is 2. The molecule has 0 amide bonds. The first-order valence-electron chi connectivity index (χ1n) is 5.03. The predicted octanol–water partition coefficient (Wildman–Crippen LogP) is 1.42. The van der Waals surface area contributed by atoms with Crippen LogP contribution >= 0.6 is 0 Å². The molecule has 90 valence electrons. The Labute approximate surface area is 95.3 Å². The summed E-state index contributed by atoms with van der Waals surface area (Å²) in [6, 6.07) is 1.87. The molecule has 1 unspecified atom stereocenters. The van der Waals surface area contributed by atoms with Gasteiger partial charge >= 0.3 is 11.9 Å². The Morgan fingerprint density at radius 3 is 2.44 bits per heavy atom. The molecule has 16 heavy (non-hydrogen) atoms. The zero-order valence-electron chi connectivity index (χ0n) is 10.1. The molecule has 0 radical (unpaired) electrons. The first kappa shape index (κ1) is 14.4. The Kier molecular flexibility index (Phi) is 5.51. The van der Waals surface area contributed by atoms with Crippen molar-refractivity contribution in [2.75, 3.05) is 7.11 Å². The highest BCUT2D eigenvalue weighted by Crippen LogP contribution is 2.14. The van der Waals surface area contributed by atoms with Crippen molar-refractivity contribution in [3.8, 4) is 6.07 Å². The number of ether oxygens (including phenoxy) is 2. The summed E-state index contributed by atoms with van der Waals surface area (Å²) in [5.41, 5.74) is -1.13. The lowest BCUT2D eigenvalue weighted by Crippen LogP contribution is -2.29. The molecule has 0 aliphatic rings. The van der Waals surface area contributed by atoms with Gasteiger partial charge in [0.25, 0.3) is 0 Å². The number of hydrogen-bond donors (Lipinski definition) is 0. The molecule has 0 fully saturated rings. The Morgan fingerprint density at radius 1 is 1.44 bits per heavy atom. The lowest BCUT2D eigenvalue weighted by molar-refractivity contribution is -0.156. The van der Waals surface area contributed by atoms with Crippen molar-refractivity contribution in [3.05, 3.63) is 0 Å². The Bertz CT molecular complexity index is 304. The van der Waals surface area contributed by atoms with Crippen LogP contribution in [0.1, 0.15) is 33.6 Å². The van der Waals surface area contributed by atoms with Gasteiger partial charge in [-0.05, 0) is 20.3 Å². The summed E-state index contributed by atoms with van der Waals surface area (Å²) < 4.78 is 9.42. The minimum atomic E-state index is -1.13. The van der Waals surface area contributed by atoms with Crippen LogP contribution in [-0.2, 0) is 19.1 Å². The average Bonchev–Trinajstić information content (AvgIpc) is 2.24.